The molecular formula is C24H27N3O3. The second-order valence-corrected chi connectivity index (χ2v) is 7.42. The van der Waals surface area contributed by atoms with Gasteiger partial charge in [0.25, 0.3) is 0 Å². The summed E-state index contributed by atoms with van der Waals surface area (Å²) < 4.78 is 0. The largest absolute Gasteiger partial charge is 0.465 e. The molecule has 1 heterocycles. The number of hydrogen-bond donors (Lipinski definition) is 4. The van der Waals surface area contributed by atoms with Crippen LogP contribution in [-0.4, -0.2) is 39.5 Å². The lowest BCUT2D eigenvalue weighted by Crippen LogP contribution is -2.46. The molecule has 1 aromatic heterocycles. The molecule has 156 valence electrons. The number of nitrogens with zero attached hydrogens (tertiary/aromatic N) is 1. The summed E-state index contributed by atoms with van der Waals surface area (Å²) in [5.41, 5.74) is 10.2. The van der Waals surface area contributed by atoms with Crippen LogP contribution in [0.1, 0.15) is 17.5 Å². The number of aliphatic hydroxyl groups is 1. The van der Waals surface area contributed by atoms with Gasteiger partial charge in [-0.2, -0.15) is 0 Å². The Labute approximate surface area is 176 Å². The molecule has 3 atom stereocenters. The van der Waals surface area contributed by atoms with Crippen LogP contribution in [0.4, 0.5) is 4.79 Å². The molecule has 30 heavy (non-hydrogen) atoms. The summed E-state index contributed by atoms with van der Waals surface area (Å²) in [5.74, 6) is 0. The van der Waals surface area contributed by atoms with Gasteiger partial charge in [-0.25, -0.2) is 4.79 Å². The summed E-state index contributed by atoms with van der Waals surface area (Å²) >= 11 is 0. The highest BCUT2D eigenvalue weighted by molar-refractivity contribution is 5.65. The summed E-state index contributed by atoms with van der Waals surface area (Å²) in [6, 6.07) is 22.4. The van der Waals surface area contributed by atoms with Crippen molar-refractivity contribution in [2.75, 3.05) is 0 Å². The van der Waals surface area contributed by atoms with Gasteiger partial charge in [-0.15, -0.1) is 0 Å². The Kier molecular flexibility index (Phi) is 7.54. The van der Waals surface area contributed by atoms with Gasteiger partial charge in [-0.3, -0.25) is 4.98 Å². The van der Waals surface area contributed by atoms with E-state index in [1.165, 1.54) is 0 Å². The molecule has 0 aliphatic rings. The van der Waals surface area contributed by atoms with Crippen molar-refractivity contribution in [1.29, 1.82) is 0 Å². The van der Waals surface area contributed by atoms with E-state index in [4.69, 9.17) is 10.8 Å². The fraction of sp³-hybridized carbons (Fsp3) is 0.250. The van der Waals surface area contributed by atoms with E-state index in [1.807, 2.05) is 72.8 Å². The number of nitrogens with one attached hydrogen (secondary N) is 1. The van der Waals surface area contributed by atoms with Crippen molar-refractivity contribution in [2.45, 2.75) is 37.5 Å². The molecule has 1 amide bonds. The number of benzene rings is 2. The maximum absolute atomic E-state index is 11.2. The number of aromatic nitrogens is 1. The fourth-order valence-electron chi connectivity index (χ4n) is 3.52. The molecule has 6 nitrogen and oxygen atoms in total. The number of carbonyl (C=O) groups is 1. The lowest BCUT2D eigenvalue weighted by atomic mass is 9.94. The minimum atomic E-state index is -1.16. The highest BCUT2D eigenvalue weighted by atomic mass is 16.4. The van der Waals surface area contributed by atoms with E-state index < -0.39 is 18.2 Å². The van der Waals surface area contributed by atoms with Gasteiger partial charge >= 0.3 is 6.09 Å². The summed E-state index contributed by atoms with van der Waals surface area (Å²) in [6.45, 7) is 0. The Morgan fingerprint density at radius 1 is 0.933 bits per heavy atom. The van der Waals surface area contributed by atoms with E-state index in [2.05, 4.69) is 10.3 Å². The first kappa shape index (κ1) is 21.5. The van der Waals surface area contributed by atoms with Crippen LogP contribution >= 0.6 is 0 Å². The summed E-state index contributed by atoms with van der Waals surface area (Å²) in [5, 5.41) is 22.2. The Balaban J connectivity index is 1.59. The number of pyridine rings is 1. The Hall–Kier alpha value is -3.22. The van der Waals surface area contributed by atoms with Gasteiger partial charge in [0, 0.05) is 17.8 Å². The van der Waals surface area contributed by atoms with Crippen LogP contribution in [0.15, 0.2) is 79.0 Å². The lowest BCUT2D eigenvalue weighted by Gasteiger charge is -2.25. The third-order valence-corrected chi connectivity index (χ3v) is 5.03. The van der Waals surface area contributed by atoms with Crippen LogP contribution in [-0.2, 0) is 12.8 Å². The van der Waals surface area contributed by atoms with Crippen molar-refractivity contribution >= 4 is 6.09 Å². The zero-order valence-corrected chi connectivity index (χ0v) is 16.7. The molecule has 3 rings (SSSR count). The number of aliphatic hydroxyl groups excluding tert-OH is 1. The smallest absolute Gasteiger partial charge is 0.404 e. The third kappa shape index (κ3) is 6.40. The summed E-state index contributed by atoms with van der Waals surface area (Å²) in [6.07, 6.45) is 1.000. The maximum Gasteiger partial charge on any atom is 0.404 e. The zero-order chi connectivity index (χ0) is 21.3. The predicted octanol–water partition coefficient (Wildman–Crippen LogP) is 3.25. The minimum absolute atomic E-state index is 0.291. The number of amides is 1. The normalized spacial score (nSPS) is 13.9. The summed E-state index contributed by atoms with van der Waals surface area (Å²) in [4.78, 5) is 15.5. The first-order valence-electron chi connectivity index (χ1n) is 9.98. The van der Waals surface area contributed by atoms with Crippen LogP contribution < -0.4 is 11.1 Å². The number of nitrogens with two attached hydrogens (primary N) is 1. The Bertz CT molecular complexity index is 917. The first-order chi connectivity index (χ1) is 14.5. The molecule has 0 saturated heterocycles. The Morgan fingerprint density at radius 3 is 2.23 bits per heavy atom. The van der Waals surface area contributed by atoms with E-state index in [1.54, 1.807) is 6.20 Å². The molecule has 0 radical (unpaired) electrons. The van der Waals surface area contributed by atoms with Gasteiger partial charge in [-0.1, -0.05) is 60.7 Å². The average molecular weight is 405 g/mol. The molecule has 5 N–H and O–H groups in total. The number of rotatable bonds is 9. The van der Waals surface area contributed by atoms with Crippen LogP contribution in [0.2, 0.25) is 0 Å². The van der Waals surface area contributed by atoms with Gasteiger partial charge in [0.15, 0.2) is 0 Å². The van der Waals surface area contributed by atoms with E-state index in [9.17, 15) is 9.90 Å². The van der Waals surface area contributed by atoms with Gasteiger partial charge in [0.2, 0.25) is 0 Å². The van der Waals surface area contributed by atoms with Crippen molar-refractivity contribution in [2.24, 2.45) is 5.73 Å². The average Bonchev–Trinajstić information content (AvgIpc) is 2.75. The van der Waals surface area contributed by atoms with Crippen LogP contribution in [0.5, 0.6) is 0 Å². The van der Waals surface area contributed by atoms with Gasteiger partial charge in [0.05, 0.1) is 17.8 Å². The molecule has 0 aliphatic carbocycles. The van der Waals surface area contributed by atoms with Crippen LogP contribution in [0, 0.1) is 0 Å². The molecule has 2 aromatic carbocycles. The van der Waals surface area contributed by atoms with Crippen LogP contribution in [0.3, 0.4) is 0 Å². The quantitative estimate of drug-likeness (QED) is 0.437. The third-order valence-electron chi connectivity index (χ3n) is 5.03. The Morgan fingerprint density at radius 2 is 1.60 bits per heavy atom. The molecule has 0 fully saturated rings. The molecule has 0 spiro atoms. The van der Waals surface area contributed by atoms with Gasteiger partial charge in [-0.05, 0) is 42.5 Å². The van der Waals surface area contributed by atoms with E-state index in [0.717, 1.165) is 22.4 Å². The number of hydrogen-bond acceptors (Lipinski definition) is 4. The lowest BCUT2D eigenvalue weighted by molar-refractivity contribution is 0.105. The van der Waals surface area contributed by atoms with Crippen molar-refractivity contribution < 1.29 is 15.0 Å². The fourth-order valence-corrected chi connectivity index (χ4v) is 3.52. The topological polar surface area (TPSA) is 108 Å². The van der Waals surface area contributed by atoms with Crippen molar-refractivity contribution in [3.63, 3.8) is 0 Å². The molecule has 3 aromatic rings. The highest BCUT2D eigenvalue weighted by Gasteiger charge is 2.23. The van der Waals surface area contributed by atoms with Crippen molar-refractivity contribution in [3.8, 4) is 11.3 Å². The summed E-state index contributed by atoms with van der Waals surface area (Å²) in [7, 11) is 0. The van der Waals surface area contributed by atoms with Crippen molar-refractivity contribution in [1.82, 2.24) is 10.3 Å². The molecule has 6 heteroatoms. The monoisotopic (exact) mass is 405 g/mol. The standard InChI is InChI=1S/C24H27N3O3/c25-20(14-18-9-11-19(12-10-18)21-8-4-5-13-26-21)16-23(28)22(27-24(29)30)15-17-6-2-1-3-7-17/h1-13,20,22-23,27-28H,14-16,25H2,(H,29,30)/t20?,22-,23-/m0/s1. The predicted molar refractivity (Wildman–Crippen MR) is 117 cm³/mol. The van der Waals surface area contributed by atoms with Gasteiger partial charge < -0.3 is 21.3 Å². The molecular weight excluding hydrogens is 378 g/mol. The number of carboxylic acid groups (broad SMARTS) is 1. The molecule has 0 saturated carbocycles. The highest BCUT2D eigenvalue weighted by Crippen LogP contribution is 2.18. The molecule has 0 aliphatic heterocycles. The molecule has 1 unspecified atom stereocenters. The zero-order valence-electron chi connectivity index (χ0n) is 16.7. The van der Waals surface area contributed by atoms with Crippen molar-refractivity contribution in [3.05, 3.63) is 90.1 Å². The van der Waals surface area contributed by atoms with E-state index >= 15 is 0 Å². The SMILES string of the molecule is NC(Cc1ccc(-c2ccccn2)cc1)C[C@H](O)[C@H](Cc1ccccc1)NC(=O)O. The van der Waals surface area contributed by atoms with Crippen LogP contribution in [0.25, 0.3) is 11.3 Å². The molecule has 0 bridgehead atoms. The van der Waals surface area contributed by atoms with E-state index in [0.29, 0.717) is 19.3 Å². The second kappa shape index (κ2) is 10.5. The van der Waals surface area contributed by atoms with Gasteiger partial charge in [0.1, 0.15) is 0 Å². The second-order valence-electron chi connectivity index (χ2n) is 7.42. The first-order valence-corrected chi connectivity index (χ1v) is 9.98. The maximum atomic E-state index is 11.2. The minimum Gasteiger partial charge on any atom is -0.465 e. The van der Waals surface area contributed by atoms with E-state index in [-0.39, 0.29) is 6.04 Å².